The molecule has 2 amide bonds. The van der Waals surface area contributed by atoms with E-state index in [1.807, 2.05) is 30.3 Å². The molecule has 1 heterocycles. The molecule has 0 aliphatic carbocycles. The zero-order chi connectivity index (χ0) is 24.8. The Morgan fingerprint density at radius 3 is 2.57 bits per heavy atom. The van der Waals surface area contributed by atoms with Gasteiger partial charge >= 0.3 is 0 Å². The van der Waals surface area contributed by atoms with Crippen LogP contribution >= 0.6 is 0 Å². The van der Waals surface area contributed by atoms with Crippen LogP contribution in [0.1, 0.15) is 22.8 Å². The Kier molecular flexibility index (Phi) is 7.30. The molecule has 0 fully saturated rings. The minimum atomic E-state index is -0.799. The number of anilines is 1. The molecule has 0 spiro atoms. The number of nitrogens with one attached hydrogen (secondary N) is 1. The van der Waals surface area contributed by atoms with Gasteiger partial charge in [-0.05, 0) is 42.8 Å². The number of ether oxygens (including phenoxy) is 3. The summed E-state index contributed by atoms with van der Waals surface area (Å²) >= 11 is 0. The molecule has 0 aromatic heterocycles. The van der Waals surface area contributed by atoms with Gasteiger partial charge in [0.15, 0.2) is 19.0 Å². The Morgan fingerprint density at radius 2 is 1.80 bits per heavy atom. The van der Waals surface area contributed by atoms with Gasteiger partial charge in [-0.1, -0.05) is 36.4 Å². The highest BCUT2D eigenvalue weighted by Crippen LogP contribution is 2.34. The first-order valence-electron chi connectivity index (χ1n) is 11.2. The van der Waals surface area contributed by atoms with E-state index in [0.29, 0.717) is 35.0 Å². The molecule has 0 saturated heterocycles. The van der Waals surface area contributed by atoms with E-state index >= 15 is 0 Å². The van der Waals surface area contributed by atoms with E-state index in [1.165, 1.54) is 4.90 Å². The van der Waals surface area contributed by atoms with Gasteiger partial charge in [0.2, 0.25) is 5.91 Å². The molecule has 1 atom stereocenters. The van der Waals surface area contributed by atoms with Crippen molar-refractivity contribution in [3.8, 4) is 17.2 Å². The van der Waals surface area contributed by atoms with Gasteiger partial charge in [-0.25, -0.2) is 0 Å². The molecule has 0 radical (unpaired) electrons. The zero-order valence-electron chi connectivity index (χ0n) is 19.5. The number of rotatable bonds is 9. The van der Waals surface area contributed by atoms with Gasteiger partial charge in [-0.2, -0.15) is 0 Å². The van der Waals surface area contributed by atoms with Crippen molar-refractivity contribution in [2.24, 2.45) is 0 Å². The molecule has 1 N–H and O–H groups in total. The number of carbonyl (C=O) groups is 3. The zero-order valence-corrected chi connectivity index (χ0v) is 19.5. The minimum absolute atomic E-state index is 0.185. The summed E-state index contributed by atoms with van der Waals surface area (Å²) in [4.78, 5) is 39.8. The average Bonchev–Trinajstić information content (AvgIpc) is 2.90. The van der Waals surface area contributed by atoms with Crippen LogP contribution in [-0.4, -0.2) is 44.0 Å². The summed E-state index contributed by atoms with van der Waals surface area (Å²) < 4.78 is 16.3. The molecule has 3 aromatic carbocycles. The Labute approximate surface area is 203 Å². The van der Waals surface area contributed by atoms with E-state index in [0.717, 1.165) is 5.56 Å². The molecule has 4 rings (SSSR count). The lowest BCUT2D eigenvalue weighted by atomic mass is 10.1. The third-order valence-corrected chi connectivity index (χ3v) is 5.65. The lowest BCUT2D eigenvalue weighted by molar-refractivity contribution is -0.127. The molecule has 1 aliphatic rings. The fourth-order valence-corrected chi connectivity index (χ4v) is 3.74. The third kappa shape index (κ3) is 5.60. The topological polar surface area (TPSA) is 94.2 Å². The maximum atomic E-state index is 12.9. The number of carbonyl (C=O) groups excluding carboxylic acids is 3. The number of nitrogens with zero attached hydrogens (tertiary/aromatic N) is 1. The standard InChI is InChI=1S/C27H26N2O6/c1-18(27(32)28-15-19-7-4-3-5-8-19)29-23-13-20(11-12-25(23)35-17-26(29)31)24(30)16-34-22-10-6-9-21(14-22)33-2/h3-14,18H,15-17H2,1-2H3,(H,28,32)/t18-/m0/s1. The second-order valence-corrected chi connectivity index (χ2v) is 8.01. The summed E-state index contributed by atoms with van der Waals surface area (Å²) in [5.74, 6) is 0.589. The summed E-state index contributed by atoms with van der Waals surface area (Å²) in [6.45, 7) is 1.60. The van der Waals surface area contributed by atoms with Crippen molar-refractivity contribution in [2.45, 2.75) is 19.5 Å². The number of benzene rings is 3. The first kappa shape index (κ1) is 23.8. The van der Waals surface area contributed by atoms with Crippen LogP contribution in [0.4, 0.5) is 5.69 Å². The largest absolute Gasteiger partial charge is 0.497 e. The molecule has 180 valence electrons. The molecule has 8 nitrogen and oxygen atoms in total. The first-order valence-corrected chi connectivity index (χ1v) is 11.2. The van der Waals surface area contributed by atoms with E-state index in [1.54, 1.807) is 56.5 Å². The number of ketones is 1. The van der Waals surface area contributed by atoms with Gasteiger partial charge in [0.05, 0.1) is 12.8 Å². The Bertz CT molecular complexity index is 1230. The predicted octanol–water partition coefficient (Wildman–Crippen LogP) is 3.39. The highest BCUT2D eigenvalue weighted by molar-refractivity contribution is 6.05. The van der Waals surface area contributed by atoms with E-state index in [2.05, 4.69) is 5.32 Å². The van der Waals surface area contributed by atoms with Gasteiger partial charge in [-0.15, -0.1) is 0 Å². The molecule has 0 unspecified atom stereocenters. The minimum Gasteiger partial charge on any atom is -0.497 e. The SMILES string of the molecule is COc1cccc(OCC(=O)c2ccc3c(c2)N([C@@H](C)C(=O)NCc2ccccc2)C(=O)CO3)c1. The molecule has 8 heteroatoms. The normalized spacial score (nSPS) is 13.3. The van der Waals surface area contributed by atoms with Crippen LogP contribution in [-0.2, 0) is 16.1 Å². The first-order chi connectivity index (χ1) is 17.0. The molecule has 3 aromatic rings. The van der Waals surface area contributed by atoms with Gasteiger partial charge in [0.25, 0.3) is 5.91 Å². The summed E-state index contributed by atoms with van der Waals surface area (Å²) in [5, 5.41) is 2.86. The van der Waals surface area contributed by atoms with Gasteiger partial charge in [-0.3, -0.25) is 19.3 Å². The highest BCUT2D eigenvalue weighted by atomic mass is 16.5. The number of hydrogen-bond donors (Lipinski definition) is 1. The third-order valence-electron chi connectivity index (χ3n) is 5.65. The van der Waals surface area contributed by atoms with Crippen LogP contribution < -0.4 is 24.4 Å². The van der Waals surface area contributed by atoms with E-state index in [9.17, 15) is 14.4 Å². The molecule has 0 saturated carbocycles. The van der Waals surface area contributed by atoms with Gasteiger partial charge < -0.3 is 19.5 Å². The maximum absolute atomic E-state index is 12.9. The number of methoxy groups -OCH3 is 1. The molecular weight excluding hydrogens is 448 g/mol. The average molecular weight is 475 g/mol. The summed E-state index contributed by atoms with van der Waals surface area (Å²) in [5.41, 5.74) is 1.66. The van der Waals surface area contributed by atoms with Crippen molar-refractivity contribution >= 4 is 23.3 Å². The fourth-order valence-electron chi connectivity index (χ4n) is 3.74. The predicted molar refractivity (Wildman–Crippen MR) is 130 cm³/mol. The van der Waals surface area contributed by atoms with Gasteiger partial charge in [0.1, 0.15) is 23.3 Å². The Hall–Kier alpha value is -4.33. The van der Waals surface area contributed by atoms with E-state index in [4.69, 9.17) is 14.2 Å². The van der Waals surface area contributed by atoms with E-state index < -0.39 is 6.04 Å². The number of amides is 2. The monoisotopic (exact) mass is 474 g/mol. The lowest BCUT2D eigenvalue weighted by Crippen LogP contribution is -2.51. The van der Waals surface area contributed by atoms with E-state index in [-0.39, 0.29) is 30.8 Å². The van der Waals surface area contributed by atoms with Crippen LogP contribution in [0.5, 0.6) is 17.2 Å². The smallest absolute Gasteiger partial charge is 0.265 e. The van der Waals surface area contributed by atoms with Gasteiger partial charge in [0, 0.05) is 18.2 Å². The lowest BCUT2D eigenvalue weighted by Gasteiger charge is -2.33. The Morgan fingerprint density at radius 1 is 1.03 bits per heavy atom. The van der Waals surface area contributed by atoms with Crippen LogP contribution in [0, 0.1) is 0 Å². The molecule has 1 aliphatic heterocycles. The molecule has 0 bridgehead atoms. The fraction of sp³-hybridized carbons (Fsp3) is 0.222. The summed E-state index contributed by atoms with van der Waals surface area (Å²) in [6.07, 6.45) is 0. The molecule has 35 heavy (non-hydrogen) atoms. The van der Waals surface area contributed by atoms with Crippen molar-refractivity contribution < 1.29 is 28.6 Å². The highest BCUT2D eigenvalue weighted by Gasteiger charge is 2.33. The van der Waals surface area contributed by atoms with Crippen molar-refractivity contribution in [1.29, 1.82) is 0 Å². The van der Waals surface area contributed by atoms with Crippen molar-refractivity contribution in [3.63, 3.8) is 0 Å². The van der Waals surface area contributed by atoms with Crippen LogP contribution in [0.25, 0.3) is 0 Å². The Balaban J connectivity index is 1.48. The quantitative estimate of drug-likeness (QED) is 0.478. The number of fused-ring (bicyclic) bond motifs is 1. The number of hydrogen-bond acceptors (Lipinski definition) is 6. The second-order valence-electron chi connectivity index (χ2n) is 8.01. The van der Waals surface area contributed by atoms with Crippen molar-refractivity contribution in [2.75, 3.05) is 25.2 Å². The number of Topliss-reactive ketones (excluding diaryl/α,β-unsaturated/α-hetero) is 1. The van der Waals surface area contributed by atoms with Crippen LogP contribution in [0.2, 0.25) is 0 Å². The van der Waals surface area contributed by atoms with Crippen molar-refractivity contribution in [1.82, 2.24) is 5.32 Å². The van der Waals surface area contributed by atoms with Crippen molar-refractivity contribution in [3.05, 3.63) is 83.9 Å². The van der Waals surface area contributed by atoms with Crippen LogP contribution in [0.15, 0.2) is 72.8 Å². The summed E-state index contributed by atoms with van der Waals surface area (Å²) in [7, 11) is 1.55. The second kappa shape index (κ2) is 10.7. The molecular formula is C27H26N2O6. The summed E-state index contributed by atoms with van der Waals surface area (Å²) in [6, 6.07) is 20.5. The van der Waals surface area contributed by atoms with Crippen LogP contribution in [0.3, 0.4) is 0 Å². The maximum Gasteiger partial charge on any atom is 0.265 e.